The van der Waals surface area contributed by atoms with Crippen molar-refractivity contribution in [2.45, 2.75) is 5.03 Å². The number of fused-ring (bicyclic) bond motifs is 1. The second-order valence-electron chi connectivity index (χ2n) is 5.44. The van der Waals surface area contributed by atoms with E-state index in [9.17, 15) is 8.94 Å². The van der Waals surface area contributed by atoms with Crippen molar-refractivity contribution in [3.63, 3.8) is 0 Å². The Bertz CT molecular complexity index is 1050. The summed E-state index contributed by atoms with van der Waals surface area (Å²) in [5.41, 5.74) is 1.79. The van der Waals surface area contributed by atoms with E-state index < -0.39 is 11.2 Å². The van der Waals surface area contributed by atoms with Gasteiger partial charge in [0.25, 0.3) is 11.0 Å². The molecular formula is C18H13FN4OS. The Morgan fingerprint density at radius 3 is 2.40 bits per heavy atom. The maximum Gasteiger partial charge on any atom is 0.271 e. The van der Waals surface area contributed by atoms with Gasteiger partial charge in [-0.15, -0.1) is 5.10 Å². The molecule has 0 spiro atoms. The summed E-state index contributed by atoms with van der Waals surface area (Å²) in [6.07, 6.45) is 4.70. The molecule has 5 nitrogen and oxygen atoms in total. The maximum absolute atomic E-state index is 13.9. The van der Waals surface area contributed by atoms with Crippen LogP contribution in [-0.2, 0) is 11.2 Å². The second kappa shape index (κ2) is 6.27. The molecule has 0 aliphatic rings. The lowest BCUT2D eigenvalue weighted by atomic mass is 10.1. The number of rotatable bonds is 3. The van der Waals surface area contributed by atoms with Crippen LogP contribution < -0.4 is 0 Å². The van der Waals surface area contributed by atoms with E-state index in [4.69, 9.17) is 0 Å². The molecule has 2 aromatic heterocycles. The zero-order valence-electron chi connectivity index (χ0n) is 13.3. The highest BCUT2D eigenvalue weighted by Gasteiger charge is 2.19. The number of para-hydroxylation sites is 1. The first kappa shape index (κ1) is 15.7. The van der Waals surface area contributed by atoms with E-state index in [1.807, 2.05) is 24.3 Å². The monoisotopic (exact) mass is 352 g/mol. The van der Waals surface area contributed by atoms with Gasteiger partial charge in [0.2, 0.25) is 0 Å². The zero-order chi connectivity index (χ0) is 17.4. The summed E-state index contributed by atoms with van der Waals surface area (Å²) in [5, 5.41) is 5.68. The lowest BCUT2D eigenvalue weighted by Crippen LogP contribution is -2.05. The number of nitrogens with zero attached hydrogens (tertiary/aromatic N) is 4. The summed E-state index contributed by atoms with van der Waals surface area (Å²) >= 11 is -1.23. The van der Waals surface area contributed by atoms with Crippen LogP contribution in [0, 0.1) is 5.82 Å². The van der Waals surface area contributed by atoms with Crippen molar-refractivity contribution in [1.29, 1.82) is 0 Å². The quantitative estimate of drug-likeness (QED) is 0.530. The molecule has 7 heteroatoms. The molecule has 2 aromatic carbocycles. The minimum absolute atomic E-state index is 0.327. The summed E-state index contributed by atoms with van der Waals surface area (Å²) < 4.78 is 27.4. The van der Waals surface area contributed by atoms with Gasteiger partial charge in [-0.1, -0.05) is 30.3 Å². The third-order valence-electron chi connectivity index (χ3n) is 3.84. The van der Waals surface area contributed by atoms with E-state index in [1.54, 1.807) is 41.5 Å². The molecule has 0 amide bonds. The molecule has 1 atom stereocenters. The number of hydrogen-bond acceptors (Lipinski definition) is 4. The molecular weight excluding hydrogens is 339 g/mol. The van der Waals surface area contributed by atoms with Crippen LogP contribution in [0.3, 0.4) is 0 Å². The smallest absolute Gasteiger partial charge is 0.271 e. The van der Waals surface area contributed by atoms with E-state index in [2.05, 4.69) is 15.1 Å². The third kappa shape index (κ3) is 2.77. The normalized spacial score (nSPS) is 12.4. The van der Waals surface area contributed by atoms with Crippen molar-refractivity contribution >= 4 is 22.1 Å². The fourth-order valence-electron chi connectivity index (χ4n) is 2.67. The molecule has 0 aliphatic heterocycles. The van der Waals surface area contributed by atoms with E-state index in [0.717, 1.165) is 10.9 Å². The van der Waals surface area contributed by atoms with Gasteiger partial charge in [-0.3, -0.25) is 0 Å². The minimum atomic E-state index is -1.23. The van der Waals surface area contributed by atoms with Crippen molar-refractivity contribution in [3.05, 3.63) is 66.7 Å². The van der Waals surface area contributed by atoms with Gasteiger partial charge in [0, 0.05) is 34.7 Å². The van der Waals surface area contributed by atoms with Crippen molar-refractivity contribution < 1.29 is 8.94 Å². The fourth-order valence-corrected chi connectivity index (χ4v) is 3.35. The minimum Gasteiger partial charge on any atom is -0.610 e. The maximum atomic E-state index is 13.9. The number of halogens is 1. The van der Waals surface area contributed by atoms with Gasteiger partial charge in [0.15, 0.2) is 0 Å². The van der Waals surface area contributed by atoms with Crippen LogP contribution in [0.15, 0.2) is 66.0 Å². The van der Waals surface area contributed by atoms with Gasteiger partial charge in [0.1, 0.15) is 12.1 Å². The standard InChI is InChI=1S/C18H13FN4OS/c1-25(24)17-14-7-3-5-9-16(14)23(22-17)18-20-10-12(11-21-18)13-6-2-4-8-15(13)19/h2-11H,1H3. The Morgan fingerprint density at radius 1 is 1.00 bits per heavy atom. The Kier molecular flexibility index (Phi) is 3.95. The predicted octanol–water partition coefficient (Wildman–Crippen LogP) is 3.36. The average Bonchev–Trinajstić information content (AvgIpc) is 3.02. The van der Waals surface area contributed by atoms with Gasteiger partial charge >= 0.3 is 0 Å². The molecule has 124 valence electrons. The lowest BCUT2D eigenvalue weighted by molar-refractivity contribution is 0.595. The third-order valence-corrected chi connectivity index (χ3v) is 4.68. The van der Waals surface area contributed by atoms with Crippen LogP contribution in [0.4, 0.5) is 4.39 Å². The highest BCUT2D eigenvalue weighted by Crippen LogP contribution is 2.25. The van der Waals surface area contributed by atoms with Gasteiger partial charge in [-0.05, 0) is 18.2 Å². The molecule has 0 aliphatic carbocycles. The van der Waals surface area contributed by atoms with Crippen molar-refractivity contribution in [2.24, 2.45) is 0 Å². The second-order valence-corrected chi connectivity index (χ2v) is 6.73. The molecule has 0 saturated carbocycles. The van der Waals surface area contributed by atoms with E-state index in [-0.39, 0.29) is 5.82 Å². The topological polar surface area (TPSA) is 66.7 Å². The largest absolute Gasteiger partial charge is 0.610 e. The first-order chi connectivity index (χ1) is 12.1. The Morgan fingerprint density at radius 2 is 1.68 bits per heavy atom. The first-order valence-electron chi connectivity index (χ1n) is 7.53. The van der Waals surface area contributed by atoms with Gasteiger partial charge < -0.3 is 4.55 Å². The van der Waals surface area contributed by atoms with Crippen LogP contribution in [0.1, 0.15) is 0 Å². The predicted molar refractivity (Wildman–Crippen MR) is 94.4 cm³/mol. The Balaban J connectivity index is 1.81. The summed E-state index contributed by atoms with van der Waals surface area (Å²) in [7, 11) is 0. The molecule has 0 bridgehead atoms. The summed E-state index contributed by atoms with van der Waals surface area (Å²) in [5.74, 6) is 0.0139. The van der Waals surface area contributed by atoms with Crippen molar-refractivity contribution in [2.75, 3.05) is 6.26 Å². The molecule has 0 fully saturated rings. The van der Waals surface area contributed by atoms with E-state index in [0.29, 0.717) is 22.1 Å². The van der Waals surface area contributed by atoms with E-state index >= 15 is 0 Å². The Hall–Kier alpha value is -2.77. The fraction of sp³-hybridized carbons (Fsp3) is 0.0556. The summed E-state index contributed by atoms with van der Waals surface area (Å²) in [4.78, 5) is 8.63. The van der Waals surface area contributed by atoms with Crippen LogP contribution in [0.2, 0.25) is 0 Å². The SMILES string of the molecule is C[S+]([O-])c1nn(-c2ncc(-c3ccccc3F)cn2)c2ccccc12. The van der Waals surface area contributed by atoms with Crippen LogP contribution in [-0.4, -0.2) is 30.6 Å². The van der Waals surface area contributed by atoms with Gasteiger partial charge in [0.05, 0.1) is 10.9 Å². The molecule has 4 rings (SSSR count). The van der Waals surface area contributed by atoms with Crippen LogP contribution in [0.25, 0.3) is 28.0 Å². The highest BCUT2D eigenvalue weighted by molar-refractivity contribution is 7.90. The number of benzene rings is 2. The molecule has 4 aromatic rings. The molecule has 0 N–H and O–H groups in total. The zero-order valence-corrected chi connectivity index (χ0v) is 14.1. The first-order valence-corrected chi connectivity index (χ1v) is 9.09. The van der Waals surface area contributed by atoms with Gasteiger partial charge in [-0.25, -0.2) is 14.4 Å². The number of aromatic nitrogens is 4. The van der Waals surface area contributed by atoms with Crippen molar-refractivity contribution in [1.82, 2.24) is 19.7 Å². The summed E-state index contributed by atoms with van der Waals surface area (Å²) in [6, 6.07) is 13.9. The lowest BCUT2D eigenvalue weighted by Gasteiger charge is -2.04. The molecule has 2 heterocycles. The van der Waals surface area contributed by atoms with Crippen LogP contribution in [0.5, 0.6) is 0 Å². The molecule has 0 radical (unpaired) electrons. The number of hydrogen-bond donors (Lipinski definition) is 0. The van der Waals surface area contributed by atoms with E-state index in [1.165, 1.54) is 6.07 Å². The molecule has 0 saturated heterocycles. The highest BCUT2D eigenvalue weighted by atomic mass is 32.2. The Labute approximate surface area is 146 Å². The van der Waals surface area contributed by atoms with Crippen molar-refractivity contribution in [3.8, 4) is 17.1 Å². The molecule has 1 unspecified atom stereocenters. The summed E-state index contributed by atoms with van der Waals surface area (Å²) in [6.45, 7) is 0. The van der Waals surface area contributed by atoms with Crippen LogP contribution >= 0.6 is 0 Å². The average molecular weight is 352 g/mol. The molecule has 25 heavy (non-hydrogen) atoms. The van der Waals surface area contributed by atoms with Gasteiger partial charge in [-0.2, -0.15) is 4.68 Å².